The third-order valence-corrected chi connectivity index (χ3v) is 5.51. The predicted molar refractivity (Wildman–Crippen MR) is 82.7 cm³/mol. The van der Waals surface area contributed by atoms with Crippen LogP contribution >= 0.6 is 0 Å². The molecule has 0 bridgehead atoms. The second-order valence-corrected chi connectivity index (χ2v) is 7.68. The van der Waals surface area contributed by atoms with Gasteiger partial charge in [-0.25, -0.2) is 4.79 Å². The number of carbonyl (C=O) groups excluding carboxylic acids is 1. The fraction of sp³-hybridized carbons (Fsp3) is 0.857. The Balaban J connectivity index is 2.38. The Kier molecular flexibility index (Phi) is 7.14. The van der Waals surface area contributed by atoms with E-state index < -0.39 is 22.2 Å². The first-order valence-electron chi connectivity index (χ1n) is 7.49. The summed E-state index contributed by atoms with van der Waals surface area (Å²) in [5, 5.41) is 14.7. The van der Waals surface area contributed by atoms with Crippen LogP contribution in [0.2, 0.25) is 0 Å². The van der Waals surface area contributed by atoms with Gasteiger partial charge in [-0.05, 0) is 31.6 Å². The van der Waals surface area contributed by atoms with Crippen molar-refractivity contribution >= 4 is 22.8 Å². The lowest BCUT2D eigenvalue weighted by Gasteiger charge is -2.35. The number of hydrogen-bond donors (Lipinski definition) is 3. The summed E-state index contributed by atoms with van der Waals surface area (Å²) in [7, 11) is -0.908. The Bertz CT molecular complexity index is 392. The van der Waals surface area contributed by atoms with E-state index in [4.69, 9.17) is 0 Å². The minimum absolute atomic E-state index is 0.151. The molecule has 0 saturated heterocycles. The SMILES string of the molecule is CCS(=O)CCNC(=O)NCC1(C(=O)O)CCC(C)CC1. The zero-order valence-electron chi connectivity index (χ0n) is 12.8. The van der Waals surface area contributed by atoms with Gasteiger partial charge in [0.1, 0.15) is 0 Å². The fourth-order valence-electron chi connectivity index (χ4n) is 2.52. The van der Waals surface area contributed by atoms with Crippen LogP contribution in [0.1, 0.15) is 39.5 Å². The van der Waals surface area contributed by atoms with Crippen LogP contribution in [0.4, 0.5) is 4.79 Å². The lowest BCUT2D eigenvalue weighted by molar-refractivity contribution is -0.151. The predicted octanol–water partition coefficient (Wildman–Crippen LogP) is 1.34. The monoisotopic (exact) mass is 318 g/mol. The fourth-order valence-corrected chi connectivity index (χ4v) is 3.13. The van der Waals surface area contributed by atoms with Gasteiger partial charge in [-0.1, -0.05) is 13.8 Å². The molecule has 7 heteroatoms. The number of amides is 2. The summed E-state index contributed by atoms with van der Waals surface area (Å²) in [5.74, 6) is 0.715. The molecular weight excluding hydrogens is 292 g/mol. The molecule has 0 radical (unpaired) electrons. The smallest absolute Gasteiger partial charge is 0.314 e. The Hall–Kier alpha value is -1.11. The molecule has 0 aromatic heterocycles. The minimum atomic E-state index is -0.908. The maximum absolute atomic E-state index is 11.7. The first-order chi connectivity index (χ1) is 9.89. The average Bonchev–Trinajstić information content (AvgIpc) is 2.46. The van der Waals surface area contributed by atoms with Gasteiger partial charge in [0.25, 0.3) is 0 Å². The maximum Gasteiger partial charge on any atom is 0.314 e. The van der Waals surface area contributed by atoms with Gasteiger partial charge in [-0.15, -0.1) is 0 Å². The largest absolute Gasteiger partial charge is 0.481 e. The lowest BCUT2D eigenvalue weighted by atomic mass is 9.71. The Morgan fingerprint density at radius 1 is 1.29 bits per heavy atom. The molecule has 0 aromatic rings. The molecule has 1 fully saturated rings. The zero-order chi connectivity index (χ0) is 15.9. The van der Waals surface area contributed by atoms with E-state index in [0.717, 1.165) is 12.8 Å². The van der Waals surface area contributed by atoms with E-state index in [2.05, 4.69) is 17.6 Å². The van der Waals surface area contributed by atoms with Crippen molar-refractivity contribution in [3.05, 3.63) is 0 Å². The first kappa shape index (κ1) is 17.9. The number of hydrogen-bond acceptors (Lipinski definition) is 3. The third-order valence-electron chi connectivity index (χ3n) is 4.21. The van der Waals surface area contributed by atoms with Crippen molar-refractivity contribution in [1.82, 2.24) is 10.6 Å². The molecule has 0 aromatic carbocycles. The number of carbonyl (C=O) groups is 2. The highest BCUT2D eigenvalue weighted by Gasteiger charge is 2.41. The summed E-state index contributed by atoms with van der Waals surface area (Å²) in [6.07, 6.45) is 2.96. The first-order valence-corrected chi connectivity index (χ1v) is 8.98. The van der Waals surface area contributed by atoms with Crippen molar-refractivity contribution in [2.45, 2.75) is 39.5 Å². The molecule has 6 nitrogen and oxygen atoms in total. The molecule has 3 N–H and O–H groups in total. The summed E-state index contributed by atoms with van der Waals surface area (Å²) in [5.41, 5.74) is -0.837. The highest BCUT2D eigenvalue weighted by atomic mass is 32.2. The van der Waals surface area contributed by atoms with Crippen molar-refractivity contribution < 1.29 is 18.9 Å². The summed E-state index contributed by atoms with van der Waals surface area (Å²) in [4.78, 5) is 23.2. The second-order valence-electron chi connectivity index (χ2n) is 5.81. The number of carboxylic acids is 1. The van der Waals surface area contributed by atoms with Gasteiger partial charge in [0.2, 0.25) is 0 Å². The maximum atomic E-state index is 11.7. The third kappa shape index (κ3) is 5.65. The van der Waals surface area contributed by atoms with E-state index in [1.807, 2.05) is 6.92 Å². The van der Waals surface area contributed by atoms with Crippen LogP contribution in [0.3, 0.4) is 0 Å². The van der Waals surface area contributed by atoms with E-state index in [-0.39, 0.29) is 12.6 Å². The number of urea groups is 1. The summed E-state index contributed by atoms with van der Waals surface area (Å²) >= 11 is 0. The molecule has 1 unspecified atom stereocenters. The van der Waals surface area contributed by atoms with Gasteiger partial charge in [0, 0.05) is 35.4 Å². The van der Waals surface area contributed by atoms with E-state index in [1.54, 1.807) is 0 Å². The number of rotatable bonds is 7. The van der Waals surface area contributed by atoms with Crippen molar-refractivity contribution in [2.24, 2.45) is 11.3 Å². The van der Waals surface area contributed by atoms with E-state index in [0.29, 0.717) is 36.8 Å². The average molecular weight is 318 g/mol. The molecule has 1 rings (SSSR count). The van der Waals surface area contributed by atoms with E-state index in [9.17, 15) is 18.9 Å². The zero-order valence-corrected chi connectivity index (χ0v) is 13.6. The highest BCUT2D eigenvalue weighted by molar-refractivity contribution is 7.84. The topological polar surface area (TPSA) is 95.5 Å². The molecule has 1 aliphatic rings. The van der Waals surface area contributed by atoms with E-state index in [1.165, 1.54) is 0 Å². The Morgan fingerprint density at radius 3 is 2.43 bits per heavy atom. The molecule has 21 heavy (non-hydrogen) atoms. The van der Waals surface area contributed by atoms with Crippen molar-refractivity contribution in [2.75, 3.05) is 24.6 Å². The standard InChI is InChI=1S/C14H26N2O4S/c1-3-21(20)9-8-15-13(19)16-10-14(12(17)18)6-4-11(2)5-7-14/h11H,3-10H2,1-2H3,(H,17,18)(H2,15,16,19). The highest BCUT2D eigenvalue weighted by Crippen LogP contribution is 2.38. The van der Waals surface area contributed by atoms with Gasteiger partial charge in [0.15, 0.2) is 0 Å². The normalized spacial score (nSPS) is 26.9. The van der Waals surface area contributed by atoms with Crippen LogP contribution in [0, 0.1) is 11.3 Å². The van der Waals surface area contributed by atoms with Crippen LogP contribution in [0.25, 0.3) is 0 Å². The molecule has 1 atom stereocenters. The Morgan fingerprint density at radius 2 is 1.90 bits per heavy atom. The van der Waals surface area contributed by atoms with Crippen LogP contribution < -0.4 is 10.6 Å². The number of carboxylic acid groups (broad SMARTS) is 1. The second kappa shape index (κ2) is 8.36. The van der Waals surface area contributed by atoms with Gasteiger partial charge in [-0.3, -0.25) is 9.00 Å². The van der Waals surface area contributed by atoms with Crippen LogP contribution in [0.5, 0.6) is 0 Å². The summed E-state index contributed by atoms with van der Waals surface area (Å²) < 4.78 is 11.2. The minimum Gasteiger partial charge on any atom is -0.481 e. The van der Waals surface area contributed by atoms with Crippen LogP contribution in [-0.2, 0) is 15.6 Å². The van der Waals surface area contributed by atoms with Crippen molar-refractivity contribution in [1.29, 1.82) is 0 Å². The molecule has 0 aliphatic heterocycles. The van der Waals surface area contributed by atoms with Crippen LogP contribution in [0.15, 0.2) is 0 Å². The molecule has 1 saturated carbocycles. The number of nitrogens with one attached hydrogen (secondary N) is 2. The van der Waals surface area contributed by atoms with Gasteiger partial charge in [-0.2, -0.15) is 0 Å². The van der Waals surface area contributed by atoms with Crippen LogP contribution in [-0.4, -0.2) is 45.9 Å². The molecule has 1 aliphatic carbocycles. The quantitative estimate of drug-likeness (QED) is 0.660. The molecule has 0 heterocycles. The van der Waals surface area contributed by atoms with Gasteiger partial charge < -0.3 is 15.7 Å². The molecule has 0 spiro atoms. The van der Waals surface area contributed by atoms with Crippen molar-refractivity contribution in [3.63, 3.8) is 0 Å². The lowest BCUT2D eigenvalue weighted by Crippen LogP contribution is -2.48. The molecule has 122 valence electrons. The van der Waals surface area contributed by atoms with E-state index >= 15 is 0 Å². The number of aliphatic carboxylic acids is 1. The summed E-state index contributed by atoms with van der Waals surface area (Å²) in [6, 6.07) is -0.387. The molecular formula is C14H26N2O4S. The van der Waals surface area contributed by atoms with Gasteiger partial charge in [0.05, 0.1) is 5.41 Å². The summed E-state index contributed by atoms with van der Waals surface area (Å²) in [6.45, 7) is 4.44. The van der Waals surface area contributed by atoms with Gasteiger partial charge >= 0.3 is 12.0 Å². The van der Waals surface area contributed by atoms with Crippen molar-refractivity contribution in [3.8, 4) is 0 Å². The Labute approximate surface area is 128 Å². The molecule has 2 amide bonds.